The summed E-state index contributed by atoms with van der Waals surface area (Å²) in [4.78, 5) is 21.2. The molecule has 0 aromatic heterocycles. The number of hydrogen-bond donors (Lipinski definition) is 2. The lowest BCUT2D eigenvalue weighted by molar-refractivity contribution is -0.135. The maximum absolute atomic E-state index is 13.6. The molecule has 0 atom stereocenters. The molecule has 1 heterocycles. The van der Waals surface area contributed by atoms with E-state index in [4.69, 9.17) is 26.2 Å². The van der Waals surface area contributed by atoms with Crippen molar-refractivity contribution in [2.75, 3.05) is 19.8 Å². The molecule has 0 aliphatic carbocycles. The van der Waals surface area contributed by atoms with E-state index in [0.717, 1.165) is 46.2 Å². The highest BCUT2D eigenvalue weighted by molar-refractivity contribution is 6.33. The third-order valence-corrected chi connectivity index (χ3v) is 5.56. The highest BCUT2D eigenvalue weighted by Gasteiger charge is 2.22. The van der Waals surface area contributed by atoms with Gasteiger partial charge in [0.1, 0.15) is 42.8 Å². The van der Waals surface area contributed by atoms with E-state index >= 15 is 0 Å². The highest BCUT2D eigenvalue weighted by Crippen LogP contribution is 2.45. The predicted molar refractivity (Wildman–Crippen MR) is 128 cm³/mol. The van der Waals surface area contributed by atoms with Crippen molar-refractivity contribution in [3.63, 3.8) is 0 Å². The Morgan fingerprint density at radius 1 is 1.03 bits per heavy atom. The van der Waals surface area contributed by atoms with Crippen LogP contribution in [-0.2, 0) is 11.2 Å². The van der Waals surface area contributed by atoms with Crippen molar-refractivity contribution in [1.29, 1.82) is 0 Å². The Bertz CT molecular complexity index is 1280. The predicted octanol–water partition coefficient (Wildman–Crippen LogP) is 5.57. The van der Waals surface area contributed by atoms with Gasteiger partial charge in [0.15, 0.2) is 11.5 Å². The molecule has 0 saturated carbocycles. The lowest BCUT2D eigenvalue weighted by atomic mass is 9.95. The van der Waals surface area contributed by atoms with Crippen LogP contribution < -0.4 is 14.8 Å². The van der Waals surface area contributed by atoms with Gasteiger partial charge in [-0.25, -0.2) is 13.2 Å². The quantitative estimate of drug-likeness (QED) is 0.459. The van der Waals surface area contributed by atoms with Crippen LogP contribution >= 0.6 is 11.6 Å². The molecule has 0 bridgehead atoms. The van der Waals surface area contributed by atoms with Crippen molar-refractivity contribution in [3.8, 4) is 22.6 Å². The number of fused-ring (bicyclic) bond motifs is 1. The van der Waals surface area contributed by atoms with E-state index in [9.17, 15) is 22.8 Å². The van der Waals surface area contributed by atoms with Crippen molar-refractivity contribution in [2.45, 2.75) is 20.3 Å². The first-order valence-corrected chi connectivity index (χ1v) is 11.3. The number of carbonyl (C=O) groups excluding carboxylic acids is 1. The molecule has 0 spiro atoms. The SMILES string of the molecule is CCc1cc(F)cc(Cl)c1-c1ccc(C)c2c1OCCO2.O=C(O)CNC(=O)c1c(F)cccc1F. The number of carbonyl (C=O) groups is 2. The first kappa shape index (κ1) is 26.9. The van der Waals surface area contributed by atoms with Crippen LogP contribution in [0.2, 0.25) is 5.02 Å². The zero-order valence-electron chi connectivity index (χ0n) is 19.5. The van der Waals surface area contributed by atoms with Crippen LogP contribution in [-0.4, -0.2) is 36.7 Å². The summed E-state index contributed by atoms with van der Waals surface area (Å²) in [5.74, 6) is -3.31. The van der Waals surface area contributed by atoms with Crippen molar-refractivity contribution in [2.24, 2.45) is 0 Å². The summed E-state index contributed by atoms with van der Waals surface area (Å²) in [6.07, 6.45) is 0.691. The number of nitrogens with one attached hydrogen (secondary N) is 1. The minimum atomic E-state index is -1.29. The van der Waals surface area contributed by atoms with Gasteiger partial charge in [0.2, 0.25) is 0 Å². The summed E-state index contributed by atoms with van der Waals surface area (Å²) >= 11 is 6.29. The highest BCUT2D eigenvalue weighted by atomic mass is 35.5. The fourth-order valence-electron chi connectivity index (χ4n) is 3.63. The molecule has 1 aliphatic rings. The normalized spacial score (nSPS) is 11.8. The first-order chi connectivity index (χ1) is 17.1. The standard InChI is InChI=1S/C17H16ClFO2.C9H7F2NO3/c1-3-11-8-12(19)9-14(18)15(11)13-5-4-10(2)16-17(13)21-7-6-20-16;10-5-2-1-3-6(11)8(5)9(15)12-4-7(13)14/h4-5,8-9H,3,6-7H2,1-2H3;1-3H,4H2,(H,12,15)(H,13,14). The number of halogens is 4. The average Bonchev–Trinajstić information content (AvgIpc) is 2.83. The van der Waals surface area contributed by atoms with Gasteiger partial charge in [-0.15, -0.1) is 0 Å². The molecule has 0 radical (unpaired) electrons. The smallest absolute Gasteiger partial charge is 0.322 e. The van der Waals surface area contributed by atoms with Crippen molar-refractivity contribution in [1.82, 2.24) is 5.32 Å². The fraction of sp³-hybridized carbons (Fsp3) is 0.231. The van der Waals surface area contributed by atoms with Gasteiger partial charge in [0, 0.05) is 11.1 Å². The number of ether oxygens (including phenoxy) is 2. The van der Waals surface area contributed by atoms with E-state index < -0.39 is 35.6 Å². The Hall–Kier alpha value is -3.72. The van der Waals surface area contributed by atoms with Crippen LogP contribution in [0, 0.1) is 24.4 Å². The lowest BCUT2D eigenvalue weighted by Crippen LogP contribution is -2.30. The van der Waals surface area contributed by atoms with Crippen molar-refractivity contribution in [3.05, 3.63) is 81.6 Å². The maximum Gasteiger partial charge on any atom is 0.322 e. The van der Waals surface area contributed by atoms with Gasteiger partial charge in [-0.05, 0) is 48.7 Å². The van der Waals surface area contributed by atoms with Gasteiger partial charge in [-0.1, -0.05) is 36.7 Å². The molecule has 6 nitrogen and oxygen atoms in total. The number of carboxylic acid groups (broad SMARTS) is 1. The van der Waals surface area contributed by atoms with Gasteiger partial charge in [0.05, 0.1) is 5.02 Å². The molecular formula is C26H23ClF3NO5. The summed E-state index contributed by atoms with van der Waals surface area (Å²) in [6, 6.07) is 9.74. The van der Waals surface area contributed by atoms with E-state index in [1.807, 2.05) is 31.3 Å². The molecule has 1 aliphatic heterocycles. The second-order valence-corrected chi connectivity index (χ2v) is 8.14. The minimum absolute atomic E-state index is 0.321. The minimum Gasteiger partial charge on any atom is -0.486 e. The van der Waals surface area contributed by atoms with Gasteiger partial charge in [-0.3, -0.25) is 9.59 Å². The van der Waals surface area contributed by atoms with Gasteiger partial charge in [0.25, 0.3) is 5.91 Å². The monoisotopic (exact) mass is 521 g/mol. The van der Waals surface area contributed by atoms with Crippen LogP contribution in [0.4, 0.5) is 13.2 Å². The van der Waals surface area contributed by atoms with E-state index in [2.05, 4.69) is 0 Å². The van der Waals surface area contributed by atoms with E-state index in [1.54, 1.807) is 0 Å². The number of aryl methyl sites for hydroxylation is 2. The number of rotatable bonds is 5. The molecule has 0 saturated heterocycles. The summed E-state index contributed by atoms with van der Waals surface area (Å²) in [7, 11) is 0. The molecular weight excluding hydrogens is 499 g/mol. The van der Waals surface area contributed by atoms with E-state index in [0.29, 0.717) is 30.4 Å². The number of amides is 1. The van der Waals surface area contributed by atoms with Crippen LogP contribution in [0.25, 0.3) is 11.1 Å². The van der Waals surface area contributed by atoms with Crippen LogP contribution in [0.5, 0.6) is 11.5 Å². The van der Waals surface area contributed by atoms with Gasteiger partial charge >= 0.3 is 5.97 Å². The van der Waals surface area contributed by atoms with Crippen LogP contribution in [0.15, 0.2) is 42.5 Å². The Balaban J connectivity index is 0.000000214. The molecule has 3 aromatic carbocycles. The van der Waals surface area contributed by atoms with E-state index in [-0.39, 0.29) is 5.82 Å². The Labute approximate surface area is 210 Å². The fourth-order valence-corrected chi connectivity index (χ4v) is 3.96. The number of carboxylic acids is 1. The van der Waals surface area contributed by atoms with Crippen LogP contribution in [0.3, 0.4) is 0 Å². The molecule has 36 heavy (non-hydrogen) atoms. The summed E-state index contributed by atoms with van der Waals surface area (Å²) in [5.41, 5.74) is 2.78. The number of benzene rings is 3. The molecule has 4 rings (SSSR count). The summed E-state index contributed by atoms with van der Waals surface area (Å²) in [5, 5.41) is 10.5. The molecule has 190 valence electrons. The zero-order valence-corrected chi connectivity index (χ0v) is 20.2. The zero-order chi connectivity index (χ0) is 26.4. The summed E-state index contributed by atoms with van der Waals surface area (Å²) in [6.45, 7) is 4.31. The topological polar surface area (TPSA) is 84.9 Å². The third kappa shape index (κ3) is 6.09. The molecule has 1 amide bonds. The Morgan fingerprint density at radius 3 is 2.28 bits per heavy atom. The molecule has 3 aromatic rings. The largest absolute Gasteiger partial charge is 0.486 e. The Morgan fingerprint density at radius 2 is 1.67 bits per heavy atom. The molecule has 0 fully saturated rings. The summed E-state index contributed by atoms with van der Waals surface area (Å²) < 4.78 is 51.0. The molecule has 0 unspecified atom stereocenters. The number of hydrogen-bond acceptors (Lipinski definition) is 4. The van der Waals surface area contributed by atoms with E-state index in [1.165, 1.54) is 12.1 Å². The van der Waals surface area contributed by atoms with Gasteiger partial charge < -0.3 is 19.9 Å². The van der Waals surface area contributed by atoms with Crippen LogP contribution in [0.1, 0.15) is 28.4 Å². The second kappa shape index (κ2) is 11.8. The van der Waals surface area contributed by atoms with Crippen molar-refractivity contribution < 1.29 is 37.3 Å². The lowest BCUT2D eigenvalue weighted by Gasteiger charge is -2.24. The molecule has 10 heteroatoms. The van der Waals surface area contributed by atoms with Gasteiger partial charge in [-0.2, -0.15) is 0 Å². The maximum atomic E-state index is 13.6. The first-order valence-electron chi connectivity index (χ1n) is 11.0. The van der Waals surface area contributed by atoms with Crippen molar-refractivity contribution >= 4 is 23.5 Å². The third-order valence-electron chi connectivity index (χ3n) is 5.26. The Kier molecular flexibility index (Phi) is 8.82. The number of aliphatic carboxylic acids is 1. The molecule has 2 N–H and O–H groups in total. The second-order valence-electron chi connectivity index (χ2n) is 7.73. The average molecular weight is 522 g/mol.